The van der Waals surface area contributed by atoms with Crippen molar-refractivity contribution in [1.29, 1.82) is 0 Å². The molecule has 0 spiro atoms. The fraction of sp³-hybridized carbons (Fsp3) is 0.407. The van der Waals surface area contributed by atoms with Crippen LogP contribution in [0, 0.1) is 5.92 Å². The molecule has 4 nitrogen and oxygen atoms in total. The minimum absolute atomic E-state index is 0.661. The molecule has 2 aromatic heterocycles. The lowest BCUT2D eigenvalue weighted by molar-refractivity contribution is 0.211. The molecule has 0 amide bonds. The number of hydrogen-bond donors (Lipinski definition) is 0. The van der Waals surface area contributed by atoms with Gasteiger partial charge in [0, 0.05) is 37.0 Å². The number of pyridine rings is 2. The molecule has 2 aliphatic rings. The van der Waals surface area contributed by atoms with Gasteiger partial charge in [0.2, 0.25) is 11.6 Å². The van der Waals surface area contributed by atoms with Gasteiger partial charge in [-0.25, -0.2) is 14.5 Å². The maximum absolute atomic E-state index is 4.70. The number of rotatable bonds is 7. The minimum Gasteiger partial charge on any atom is -0.299 e. The zero-order chi connectivity index (χ0) is 21.1. The predicted molar refractivity (Wildman–Crippen MR) is 127 cm³/mol. The highest BCUT2D eigenvalue weighted by Crippen LogP contribution is 2.44. The van der Waals surface area contributed by atoms with Crippen molar-refractivity contribution in [1.82, 2.24) is 19.4 Å². The predicted octanol–water partition coefficient (Wildman–Crippen LogP) is 5.54. The van der Waals surface area contributed by atoms with E-state index in [2.05, 4.69) is 60.5 Å². The summed E-state index contributed by atoms with van der Waals surface area (Å²) in [5, 5.41) is 0. The molecule has 1 aliphatic heterocycles. The Morgan fingerprint density at radius 2 is 1.45 bits per heavy atom. The molecule has 3 heterocycles. The number of quaternary nitrogens is 1. The highest BCUT2D eigenvalue weighted by Gasteiger charge is 2.40. The lowest BCUT2D eigenvalue weighted by Crippen LogP contribution is -2.47. The molecule has 0 atom stereocenters. The van der Waals surface area contributed by atoms with Crippen molar-refractivity contribution in [2.45, 2.75) is 38.1 Å². The van der Waals surface area contributed by atoms with E-state index in [4.69, 9.17) is 9.97 Å². The van der Waals surface area contributed by atoms with Crippen LogP contribution in [0.3, 0.4) is 0 Å². The van der Waals surface area contributed by atoms with Gasteiger partial charge in [0.1, 0.15) is 0 Å². The van der Waals surface area contributed by atoms with Crippen molar-refractivity contribution in [3.63, 3.8) is 0 Å². The molecule has 0 unspecified atom stereocenters. The van der Waals surface area contributed by atoms with Gasteiger partial charge in [0.25, 0.3) is 0 Å². The first-order valence-corrected chi connectivity index (χ1v) is 11.7. The second-order valence-electron chi connectivity index (χ2n) is 9.51. The monoisotopic (exact) mass is 413 g/mol. The standard InChI is InChI=1S/C27H33N4/c1-31(26-8-2-4-14-28-26,27-9-3-5-15-29-27)21-23-18-25(19-23)24-12-10-22(11-13-24)20-30-16-6-7-17-30/h2-5,8-15,23,25H,6-7,16-21H2,1H3/q+1/t23-,25-. The van der Waals surface area contributed by atoms with Gasteiger partial charge < -0.3 is 0 Å². The van der Waals surface area contributed by atoms with Crippen molar-refractivity contribution < 1.29 is 0 Å². The molecule has 0 radical (unpaired) electrons. The van der Waals surface area contributed by atoms with Crippen molar-refractivity contribution >= 4 is 11.6 Å². The first kappa shape index (κ1) is 20.3. The largest absolute Gasteiger partial charge is 0.299 e. The third-order valence-electron chi connectivity index (χ3n) is 7.22. The summed E-state index contributed by atoms with van der Waals surface area (Å²) in [5.41, 5.74) is 2.96. The Labute approximate surface area is 186 Å². The number of nitrogens with zero attached hydrogens (tertiary/aromatic N) is 4. The van der Waals surface area contributed by atoms with Crippen molar-refractivity contribution in [2.24, 2.45) is 5.92 Å². The smallest absolute Gasteiger partial charge is 0.233 e. The summed E-state index contributed by atoms with van der Waals surface area (Å²) < 4.78 is 0.661. The fourth-order valence-electron chi connectivity index (χ4n) is 5.36. The van der Waals surface area contributed by atoms with Crippen molar-refractivity contribution in [3.8, 4) is 0 Å². The number of aromatic nitrogens is 2. The highest BCUT2D eigenvalue weighted by molar-refractivity contribution is 5.49. The Balaban J connectivity index is 1.24. The van der Waals surface area contributed by atoms with E-state index in [0.29, 0.717) is 16.3 Å². The molecule has 0 N–H and O–H groups in total. The second-order valence-corrected chi connectivity index (χ2v) is 9.51. The van der Waals surface area contributed by atoms with Gasteiger partial charge in [0.05, 0.1) is 13.6 Å². The summed E-state index contributed by atoms with van der Waals surface area (Å²) in [6.07, 6.45) is 8.99. The van der Waals surface area contributed by atoms with Crippen LogP contribution in [0.4, 0.5) is 11.6 Å². The van der Waals surface area contributed by atoms with Gasteiger partial charge in [0.15, 0.2) is 0 Å². The summed E-state index contributed by atoms with van der Waals surface area (Å²) in [6.45, 7) is 4.67. The van der Waals surface area contributed by atoms with Crippen LogP contribution in [-0.2, 0) is 6.54 Å². The lowest BCUT2D eigenvalue weighted by Gasteiger charge is -2.41. The normalized spacial score (nSPS) is 21.7. The molecule has 31 heavy (non-hydrogen) atoms. The van der Waals surface area contributed by atoms with Crippen LogP contribution in [-0.4, -0.2) is 41.5 Å². The van der Waals surface area contributed by atoms with E-state index in [0.717, 1.165) is 24.7 Å². The minimum atomic E-state index is 0.661. The van der Waals surface area contributed by atoms with E-state index in [1.165, 1.54) is 49.9 Å². The molecular weight excluding hydrogens is 380 g/mol. The summed E-state index contributed by atoms with van der Waals surface area (Å²) in [4.78, 5) is 12.0. The zero-order valence-electron chi connectivity index (χ0n) is 18.5. The van der Waals surface area contributed by atoms with Crippen molar-refractivity contribution in [3.05, 3.63) is 84.2 Å². The molecule has 0 bridgehead atoms. The average Bonchev–Trinajstić information content (AvgIpc) is 3.31. The number of benzene rings is 1. The van der Waals surface area contributed by atoms with E-state index >= 15 is 0 Å². The Morgan fingerprint density at radius 3 is 2.00 bits per heavy atom. The van der Waals surface area contributed by atoms with Crippen LogP contribution in [0.2, 0.25) is 0 Å². The zero-order valence-corrected chi connectivity index (χ0v) is 18.5. The molecular formula is C27H33N4+. The van der Waals surface area contributed by atoms with Gasteiger partial charge in [-0.1, -0.05) is 36.4 Å². The summed E-state index contributed by atoms with van der Waals surface area (Å²) in [7, 11) is 2.26. The van der Waals surface area contributed by atoms with Crippen LogP contribution < -0.4 is 4.48 Å². The fourth-order valence-corrected chi connectivity index (χ4v) is 5.36. The maximum Gasteiger partial charge on any atom is 0.233 e. The van der Waals surface area contributed by atoms with Crippen molar-refractivity contribution in [2.75, 3.05) is 26.7 Å². The van der Waals surface area contributed by atoms with Gasteiger partial charge in [-0.2, -0.15) is 0 Å². The lowest BCUT2D eigenvalue weighted by atomic mass is 9.71. The van der Waals surface area contributed by atoms with E-state index in [9.17, 15) is 0 Å². The van der Waals surface area contributed by atoms with Gasteiger partial charge in [-0.3, -0.25) is 4.90 Å². The van der Waals surface area contributed by atoms with Crippen LogP contribution in [0.25, 0.3) is 0 Å². The highest BCUT2D eigenvalue weighted by atomic mass is 15.4. The average molecular weight is 414 g/mol. The molecule has 1 saturated heterocycles. The van der Waals surface area contributed by atoms with E-state index < -0.39 is 0 Å². The van der Waals surface area contributed by atoms with E-state index in [1.54, 1.807) is 0 Å². The Kier molecular flexibility index (Phi) is 5.84. The molecule has 160 valence electrons. The SMILES string of the molecule is C[N+](C[C@H]1C[C@H](c2ccc(CN3CCCC3)cc2)C1)(c1ccccn1)c1ccccn1. The summed E-state index contributed by atoms with van der Waals surface area (Å²) in [6, 6.07) is 21.8. The third-order valence-corrected chi connectivity index (χ3v) is 7.22. The van der Waals surface area contributed by atoms with Crippen LogP contribution in [0.5, 0.6) is 0 Å². The number of likely N-dealkylation sites (tertiary alicyclic amines) is 1. The summed E-state index contributed by atoms with van der Waals surface area (Å²) >= 11 is 0. The second kappa shape index (κ2) is 8.89. The van der Waals surface area contributed by atoms with Crippen LogP contribution >= 0.6 is 0 Å². The first-order valence-electron chi connectivity index (χ1n) is 11.7. The molecule has 4 heteroatoms. The molecule has 1 aliphatic carbocycles. The molecule has 3 aromatic rings. The van der Waals surface area contributed by atoms with Gasteiger partial charge >= 0.3 is 0 Å². The Bertz CT molecular complexity index is 920. The number of hydrogen-bond acceptors (Lipinski definition) is 3. The quantitative estimate of drug-likeness (QED) is 0.477. The van der Waals surface area contributed by atoms with E-state index in [1.807, 2.05) is 24.5 Å². The summed E-state index contributed by atoms with van der Waals surface area (Å²) in [5.74, 6) is 3.50. The topological polar surface area (TPSA) is 29.0 Å². The first-order chi connectivity index (χ1) is 15.2. The Hall–Kier alpha value is -2.56. The van der Waals surface area contributed by atoms with Gasteiger partial charge in [-0.15, -0.1) is 0 Å². The third kappa shape index (κ3) is 4.41. The van der Waals surface area contributed by atoms with Crippen LogP contribution in [0.15, 0.2) is 73.1 Å². The van der Waals surface area contributed by atoms with E-state index in [-0.39, 0.29) is 0 Å². The van der Waals surface area contributed by atoms with Gasteiger partial charge in [-0.05, 0) is 68.0 Å². The molecule has 1 saturated carbocycles. The Morgan fingerprint density at radius 1 is 0.839 bits per heavy atom. The molecule has 1 aromatic carbocycles. The molecule has 5 rings (SSSR count). The molecule has 2 fully saturated rings. The maximum atomic E-state index is 4.70. The van der Waals surface area contributed by atoms with Crippen LogP contribution in [0.1, 0.15) is 42.7 Å².